The van der Waals surface area contributed by atoms with E-state index < -0.39 is 0 Å². The zero-order valence-electron chi connectivity index (χ0n) is 8.21. The molecule has 0 spiro atoms. The van der Waals surface area contributed by atoms with E-state index in [0.29, 0.717) is 23.8 Å². The summed E-state index contributed by atoms with van der Waals surface area (Å²) >= 11 is 5.83. The van der Waals surface area contributed by atoms with Gasteiger partial charge in [-0.3, -0.25) is 0 Å². The Morgan fingerprint density at radius 2 is 1.86 bits per heavy atom. The van der Waals surface area contributed by atoms with Crippen molar-refractivity contribution in [2.45, 2.75) is 13.2 Å². The lowest BCUT2D eigenvalue weighted by atomic mass is 10.1. The Labute approximate surface area is 88.2 Å². The standard InChI is InChI=1S/C10H13ClO3/c1-13-5-7-3-8(6-14-2)10(12)9(11)4-7/h3-4,12H,5-6H2,1-2H3. The van der Waals surface area contributed by atoms with Crippen molar-refractivity contribution in [2.24, 2.45) is 0 Å². The molecule has 0 unspecified atom stereocenters. The molecule has 0 aliphatic carbocycles. The average molecular weight is 217 g/mol. The van der Waals surface area contributed by atoms with E-state index in [1.54, 1.807) is 20.3 Å². The van der Waals surface area contributed by atoms with Gasteiger partial charge in [-0.25, -0.2) is 0 Å². The van der Waals surface area contributed by atoms with Gasteiger partial charge in [0.05, 0.1) is 18.2 Å². The van der Waals surface area contributed by atoms with Crippen LogP contribution in [0, 0.1) is 0 Å². The van der Waals surface area contributed by atoms with Crippen LogP contribution < -0.4 is 0 Å². The van der Waals surface area contributed by atoms with Crippen molar-refractivity contribution in [3.63, 3.8) is 0 Å². The maximum absolute atomic E-state index is 9.57. The lowest BCUT2D eigenvalue weighted by Crippen LogP contribution is -1.94. The van der Waals surface area contributed by atoms with E-state index in [1.165, 1.54) is 0 Å². The van der Waals surface area contributed by atoms with Crippen molar-refractivity contribution >= 4 is 11.6 Å². The van der Waals surface area contributed by atoms with Gasteiger partial charge in [-0.2, -0.15) is 0 Å². The van der Waals surface area contributed by atoms with E-state index in [9.17, 15) is 5.11 Å². The smallest absolute Gasteiger partial charge is 0.139 e. The Hall–Kier alpha value is -0.770. The Balaban J connectivity index is 3.01. The van der Waals surface area contributed by atoms with E-state index in [-0.39, 0.29) is 5.75 Å². The lowest BCUT2D eigenvalue weighted by molar-refractivity contribution is 0.178. The number of halogens is 1. The second-order valence-corrected chi connectivity index (χ2v) is 3.36. The van der Waals surface area contributed by atoms with Gasteiger partial charge in [-0.1, -0.05) is 11.6 Å². The van der Waals surface area contributed by atoms with Crippen LogP contribution in [-0.2, 0) is 22.7 Å². The molecule has 0 amide bonds. The molecule has 78 valence electrons. The molecular formula is C10H13ClO3. The number of phenolic OH excluding ortho intramolecular Hbond substituents is 1. The van der Waals surface area contributed by atoms with Gasteiger partial charge in [0.2, 0.25) is 0 Å². The molecule has 0 atom stereocenters. The van der Waals surface area contributed by atoms with E-state index in [1.807, 2.05) is 6.07 Å². The predicted octanol–water partition coefficient (Wildman–Crippen LogP) is 2.34. The van der Waals surface area contributed by atoms with E-state index in [4.69, 9.17) is 21.1 Å². The molecule has 1 aromatic carbocycles. The lowest BCUT2D eigenvalue weighted by Gasteiger charge is -2.08. The molecule has 1 aromatic rings. The summed E-state index contributed by atoms with van der Waals surface area (Å²) in [6.45, 7) is 0.805. The molecule has 14 heavy (non-hydrogen) atoms. The number of hydrogen-bond acceptors (Lipinski definition) is 3. The molecule has 0 fully saturated rings. The second kappa shape index (κ2) is 5.20. The maximum Gasteiger partial charge on any atom is 0.139 e. The fourth-order valence-corrected chi connectivity index (χ4v) is 1.50. The largest absolute Gasteiger partial charge is 0.506 e. The Bertz CT molecular complexity index is 312. The first-order chi connectivity index (χ1) is 6.69. The van der Waals surface area contributed by atoms with Gasteiger partial charge in [-0.05, 0) is 17.7 Å². The fraction of sp³-hybridized carbons (Fsp3) is 0.400. The average Bonchev–Trinajstić information content (AvgIpc) is 2.14. The third-order valence-electron chi connectivity index (χ3n) is 1.81. The summed E-state index contributed by atoms with van der Waals surface area (Å²) in [5.74, 6) is 0.0772. The van der Waals surface area contributed by atoms with Crippen LogP contribution in [0.2, 0.25) is 5.02 Å². The molecule has 4 heteroatoms. The number of aromatic hydroxyl groups is 1. The zero-order valence-corrected chi connectivity index (χ0v) is 8.97. The number of hydrogen-bond donors (Lipinski definition) is 1. The highest BCUT2D eigenvalue weighted by molar-refractivity contribution is 6.32. The molecule has 0 aromatic heterocycles. The summed E-state index contributed by atoms with van der Waals surface area (Å²) in [7, 11) is 3.17. The summed E-state index contributed by atoms with van der Waals surface area (Å²) in [5.41, 5.74) is 1.59. The number of methoxy groups -OCH3 is 2. The summed E-state index contributed by atoms with van der Waals surface area (Å²) in [6, 6.07) is 3.49. The second-order valence-electron chi connectivity index (χ2n) is 2.95. The van der Waals surface area contributed by atoms with Crippen molar-refractivity contribution in [1.82, 2.24) is 0 Å². The van der Waals surface area contributed by atoms with Gasteiger partial charge in [0.1, 0.15) is 5.75 Å². The predicted molar refractivity (Wildman–Crippen MR) is 54.5 cm³/mol. The van der Waals surface area contributed by atoms with Crippen LogP contribution >= 0.6 is 11.6 Å². The number of rotatable bonds is 4. The first-order valence-electron chi connectivity index (χ1n) is 4.17. The summed E-state index contributed by atoms with van der Waals surface area (Å²) in [5, 5.41) is 9.89. The number of phenols is 1. The maximum atomic E-state index is 9.57. The molecule has 1 N–H and O–H groups in total. The van der Waals surface area contributed by atoms with Crippen LogP contribution in [0.5, 0.6) is 5.75 Å². The first-order valence-corrected chi connectivity index (χ1v) is 4.55. The number of ether oxygens (including phenoxy) is 2. The number of benzene rings is 1. The monoisotopic (exact) mass is 216 g/mol. The van der Waals surface area contributed by atoms with Crippen molar-refractivity contribution in [2.75, 3.05) is 14.2 Å². The van der Waals surface area contributed by atoms with Crippen molar-refractivity contribution < 1.29 is 14.6 Å². The van der Waals surface area contributed by atoms with Crippen LogP contribution in [0.25, 0.3) is 0 Å². The Kier molecular flexibility index (Phi) is 4.20. The van der Waals surface area contributed by atoms with E-state index >= 15 is 0 Å². The van der Waals surface area contributed by atoms with E-state index in [0.717, 1.165) is 5.56 Å². The van der Waals surface area contributed by atoms with Crippen LogP contribution in [0.15, 0.2) is 12.1 Å². The topological polar surface area (TPSA) is 38.7 Å². The molecule has 3 nitrogen and oxygen atoms in total. The van der Waals surface area contributed by atoms with Crippen LogP contribution in [0.3, 0.4) is 0 Å². The highest BCUT2D eigenvalue weighted by atomic mass is 35.5. The molecule has 1 rings (SSSR count). The van der Waals surface area contributed by atoms with Gasteiger partial charge in [0.25, 0.3) is 0 Å². The quantitative estimate of drug-likeness (QED) is 0.840. The van der Waals surface area contributed by atoms with Crippen LogP contribution in [0.1, 0.15) is 11.1 Å². The van der Waals surface area contributed by atoms with Gasteiger partial charge >= 0.3 is 0 Å². The molecule has 0 bridgehead atoms. The summed E-state index contributed by atoms with van der Waals surface area (Å²) in [4.78, 5) is 0. The van der Waals surface area contributed by atoms with Crippen LogP contribution in [-0.4, -0.2) is 19.3 Å². The Morgan fingerprint density at radius 3 is 2.43 bits per heavy atom. The zero-order chi connectivity index (χ0) is 10.6. The van der Waals surface area contributed by atoms with Gasteiger partial charge < -0.3 is 14.6 Å². The molecule has 0 saturated carbocycles. The van der Waals surface area contributed by atoms with Gasteiger partial charge in [-0.15, -0.1) is 0 Å². The molecule has 0 heterocycles. The highest BCUT2D eigenvalue weighted by Gasteiger charge is 2.07. The third-order valence-corrected chi connectivity index (χ3v) is 2.10. The van der Waals surface area contributed by atoms with Crippen molar-refractivity contribution in [1.29, 1.82) is 0 Å². The summed E-state index contributed by atoms with van der Waals surface area (Å²) in [6.07, 6.45) is 0. The fourth-order valence-electron chi connectivity index (χ4n) is 1.23. The molecule has 0 aliphatic rings. The SMILES string of the molecule is COCc1cc(Cl)c(O)c(COC)c1. The van der Waals surface area contributed by atoms with Gasteiger partial charge in [0.15, 0.2) is 0 Å². The van der Waals surface area contributed by atoms with Crippen molar-refractivity contribution in [3.05, 3.63) is 28.3 Å². The first kappa shape index (κ1) is 11.3. The molecular weight excluding hydrogens is 204 g/mol. The molecule has 0 radical (unpaired) electrons. The Morgan fingerprint density at radius 1 is 1.21 bits per heavy atom. The molecule has 0 aliphatic heterocycles. The molecule has 0 saturated heterocycles. The van der Waals surface area contributed by atoms with Gasteiger partial charge in [0, 0.05) is 19.8 Å². The van der Waals surface area contributed by atoms with Crippen molar-refractivity contribution in [3.8, 4) is 5.75 Å². The van der Waals surface area contributed by atoms with Crippen LogP contribution in [0.4, 0.5) is 0 Å². The summed E-state index contributed by atoms with van der Waals surface area (Å²) < 4.78 is 9.91. The normalized spacial score (nSPS) is 10.5. The minimum absolute atomic E-state index is 0.0772. The minimum Gasteiger partial charge on any atom is -0.506 e. The van der Waals surface area contributed by atoms with E-state index in [2.05, 4.69) is 0 Å². The highest BCUT2D eigenvalue weighted by Crippen LogP contribution is 2.29. The third kappa shape index (κ3) is 2.61. The minimum atomic E-state index is 0.0772.